The van der Waals surface area contributed by atoms with E-state index in [0.29, 0.717) is 34.1 Å². The molecule has 0 radical (unpaired) electrons. The van der Waals surface area contributed by atoms with Crippen LogP contribution < -0.4 is 14.8 Å². The third-order valence-electron chi connectivity index (χ3n) is 5.34. The molecule has 1 aliphatic rings. The Morgan fingerprint density at radius 2 is 1.77 bits per heavy atom. The normalized spacial score (nSPS) is 15.3. The first-order valence-electron chi connectivity index (χ1n) is 9.66. The van der Waals surface area contributed by atoms with Crippen molar-refractivity contribution in [3.63, 3.8) is 0 Å². The smallest absolute Gasteiger partial charge is 0.226 e. The van der Waals surface area contributed by atoms with E-state index in [1.165, 1.54) is 14.2 Å². The highest BCUT2D eigenvalue weighted by atomic mass is 16.5. The number of nitrogens with zero attached hydrogens (tertiary/aromatic N) is 2. The van der Waals surface area contributed by atoms with E-state index >= 15 is 0 Å². The summed E-state index contributed by atoms with van der Waals surface area (Å²) in [5.74, 6) is 0.209. The largest absolute Gasteiger partial charge is 0.496 e. The average Bonchev–Trinajstić information content (AvgIpc) is 3.08. The van der Waals surface area contributed by atoms with Crippen LogP contribution in [0.25, 0.3) is 5.69 Å². The van der Waals surface area contributed by atoms with Crippen LogP contribution in [0.1, 0.15) is 39.5 Å². The monoisotopic (exact) mass is 405 g/mol. The summed E-state index contributed by atoms with van der Waals surface area (Å²) < 4.78 is 12.5. The maximum absolute atomic E-state index is 13.6. The SMILES string of the molecule is COc1cccc(OC)c1C(=O)[C@@H]1CC(=O)Nc2c1c(C)nn2-c1cccc(C)c1. The van der Waals surface area contributed by atoms with E-state index in [4.69, 9.17) is 9.47 Å². The number of methoxy groups -OCH3 is 2. The number of hydrogen-bond donors (Lipinski definition) is 1. The summed E-state index contributed by atoms with van der Waals surface area (Å²) in [6, 6.07) is 13.0. The zero-order chi connectivity index (χ0) is 21.4. The van der Waals surface area contributed by atoms with E-state index in [1.54, 1.807) is 22.9 Å². The van der Waals surface area contributed by atoms with E-state index in [9.17, 15) is 9.59 Å². The molecular weight excluding hydrogens is 382 g/mol. The zero-order valence-electron chi connectivity index (χ0n) is 17.4. The van der Waals surface area contributed by atoms with Gasteiger partial charge in [-0.3, -0.25) is 9.59 Å². The highest BCUT2D eigenvalue weighted by molar-refractivity contribution is 6.10. The van der Waals surface area contributed by atoms with E-state index in [2.05, 4.69) is 10.4 Å². The summed E-state index contributed by atoms with van der Waals surface area (Å²) >= 11 is 0. The number of carbonyl (C=O) groups excluding carboxylic acids is 2. The van der Waals surface area contributed by atoms with Crippen LogP contribution in [0.4, 0.5) is 5.82 Å². The number of rotatable bonds is 5. The first-order chi connectivity index (χ1) is 14.4. The van der Waals surface area contributed by atoms with Crippen LogP contribution in [-0.4, -0.2) is 35.7 Å². The molecule has 2 heterocycles. The van der Waals surface area contributed by atoms with Gasteiger partial charge in [-0.15, -0.1) is 0 Å². The number of ether oxygens (including phenoxy) is 2. The Morgan fingerprint density at radius 3 is 2.40 bits per heavy atom. The van der Waals surface area contributed by atoms with Crippen LogP contribution in [0.3, 0.4) is 0 Å². The first-order valence-corrected chi connectivity index (χ1v) is 9.66. The van der Waals surface area contributed by atoms with Crippen molar-refractivity contribution in [2.24, 2.45) is 0 Å². The van der Waals surface area contributed by atoms with Crippen LogP contribution in [0, 0.1) is 13.8 Å². The van der Waals surface area contributed by atoms with E-state index in [0.717, 1.165) is 11.3 Å². The molecule has 3 aromatic rings. The second-order valence-corrected chi connectivity index (χ2v) is 7.31. The van der Waals surface area contributed by atoms with Gasteiger partial charge in [-0.25, -0.2) is 4.68 Å². The molecule has 1 aliphatic heterocycles. The highest BCUT2D eigenvalue weighted by Crippen LogP contribution is 2.41. The second-order valence-electron chi connectivity index (χ2n) is 7.31. The quantitative estimate of drug-likeness (QED) is 0.653. The molecule has 0 unspecified atom stereocenters. The third-order valence-corrected chi connectivity index (χ3v) is 5.34. The second kappa shape index (κ2) is 7.67. The summed E-state index contributed by atoms with van der Waals surface area (Å²) in [7, 11) is 3.01. The van der Waals surface area contributed by atoms with Gasteiger partial charge in [0.15, 0.2) is 5.78 Å². The number of nitrogens with one attached hydrogen (secondary N) is 1. The lowest BCUT2D eigenvalue weighted by Gasteiger charge is -2.24. The van der Waals surface area contributed by atoms with Gasteiger partial charge in [0.05, 0.1) is 31.5 Å². The Hall–Kier alpha value is -3.61. The molecule has 0 saturated heterocycles. The molecule has 0 aliphatic carbocycles. The van der Waals surface area contributed by atoms with Crippen LogP contribution in [0.2, 0.25) is 0 Å². The van der Waals surface area contributed by atoms with Crippen molar-refractivity contribution in [3.8, 4) is 17.2 Å². The molecule has 4 rings (SSSR count). The molecule has 1 N–H and O–H groups in total. The molecule has 0 saturated carbocycles. The van der Waals surface area contributed by atoms with Crippen LogP contribution in [-0.2, 0) is 4.79 Å². The van der Waals surface area contributed by atoms with Gasteiger partial charge in [-0.05, 0) is 43.7 Å². The van der Waals surface area contributed by atoms with E-state index in [-0.39, 0.29) is 18.1 Å². The van der Waals surface area contributed by atoms with Crippen LogP contribution in [0.15, 0.2) is 42.5 Å². The lowest BCUT2D eigenvalue weighted by molar-refractivity contribution is -0.116. The molecular formula is C23H23N3O4. The zero-order valence-corrected chi connectivity index (χ0v) is 17.4. The van der Waals surface area contributed by atoms with Crippen LogP contribution >= 0.6 is 0 Å². The van der Waals surface area contributed by atoms with Crippen molar-refractivity contribution in [1.82, 2.24) is 9.78 Å². The molecule has 0 bridgehead atoms. The summed E-state index contributed by atoms with van der Waals surface area (Å²) in [5, 5.41) is 7.54. The number of anilines is 1. The van der Waals surface area contributed by atoms with Gasteiger partial charge in [-0.1, -0.05) is 18.2 Å². The van der Waals surface area contributed by atoms with Crippen molar-refractivity contribution < 1.29 is 19.1 Å². The molecule has 0 spiro atoms. The summed E-state index contributed by atoms with van der Waals surface area (Å²) in [6.45, 7) is 3.84. The molecule has 0 fully saturated rings. The predicted molar refractivity (Wildman–Crippen MR) is 113 cm³/mol. The number of Topliss-reactive ketones (excluding diaryl/α,β-unsaturated/α-hetero) is 1. The molecule has 1 aromatic heterocycles. The van der Waals surface area contributed by atoms with E-state index < -0.39 is 5.92 Å². The van der Waals surface area contributed by atoms with Crippen molar-refractivity contribution in [2.75, 3.05) is 19.5 Å². The lowest BCUT2D eigenvalue weighted by Crippen LogP contribution is -2.29. The van der Waals surface area contributed by atoms with Gasteiger partial charge in [-0.2, -0.15) is 5.10 Å². The molecule has 154 valence electrons. The van der Waals surface area contributed by atoms with Crippen molar-refractivity contribution in [3.05, 3.63) is 64.8 Å². The number of carbonyl (C=O) groups is 2. The summed E-state index contributed by atoms with van der Waals surface area (Å²) in [5.41, 5.74) is 3.63. The molecule has 1 amide bonds. The van der Waals surface area contributed by atoms with Gasteiger partial charge in [0, 0.05) is 12.0 Å². The van der Waals surface area contributed by atoms with E-state index in [1.807, 2.05) is 38.1 Å². The number of ketones is 1. The number of benzene rings is 2. The van der Waals surface area contributed by atoms with Crippen LogP contribution in [0.5, 0.6) is 11.5 Å². The number of aromatic nitrogens is 2. The maximum Gasteiger partial charge on any atom is 0.226 e. The Balaban J connectivity index is 1.86. The summed E-state index contributed by atoms with van der Waals surface area (Å²) in [6.07, 6.45) is 0.0351. The Labute approximate surface area is 174 Å². The Bertz CT molecular complexity index is 1130. The number of amides is 1. The lowest BCUT2D eigenvalue weighted by atomic mass is 9.85. The Morgan fingerprint density at radius 1 is 1.10 bits per heavy atom. The number of hydrogen-bond acceptors (Lipinski definition) is 5. The fourth-order valence-corrected chi connectivity index (χ4v) is 3.99. The predicted octanol–water partition coefficient (Wildman–Crippen LogP) is 3.82. The third kappa shape index (κ3) is 3.22. The number of fused-ring (bicyclic) bond motifs is 1. The van der Waals surface area contributed by atoms with Gasteiger partial charge >= 0.3 is 0 Å². The topological polar surface area (TPSA) is 82.4 Å². The fraction of sp³-hybridized carbons (Fsp3) is 0.261. The number of aryl methyl sites for hydroxylation is 2. The highest BCUT2D eigenvalue weighted by Gasteiger charge is 2.38. The minimum absolute atomic E-state index is 0.0351. The molecule has 7 heteroatoms. The van der Waals surface area contributed by atoms with Gasteiger partial charge in [0.25, 0.3) is 0 Å². The fourth-order valence-electron chi connectivity index (χ4n) is 3.99. The minimum atomic E-state index is -0.683. The minimum Gasteiger partial charge on any atom is -0.496 e. The molecule has 2 aromatic carbocycles. The standard InChI is InChI=1S/C23H23N3O4/c1-13-7-5-8-15(11-13)26-23-20(14(2)25-26)16(12-19(27)24-23)22(28)21-17(29-3)9-6-10-18(21)30-4/h5-11,16H,12H2,1-4H3,(H,24,27)/t16-/m1/s1. The van der Waals surface area contributed by atoms with Gasteiger partial charge in [0.2, 0.25) is 5.91 Å². The van der Waals surface area contributed by atoms with Crippen molar-refractivity contribution >= 4 is 17.5 Å². The molecule has 7 nitrogen and oxygen atoms in total. The summed E-state index contributed by atoms with van der Waals surface area (Å²) in [4.78, 5) is 26.2. The van der Waals surface area contributed by atoms with Crippen molar-refractivity contribution in [1.29, 1.82) is 0 Å². The van der Waals surface area contributed by atoms with Gasteiger partial charge in [0.1, 0.15) is 22.9 Å². The van der Waals surface area contributed by atoms with Crippen molar-refractivity contribution in [2.45, 2.75) is 26.2 Å². The first kappa shape index (κ1) is 19.7. The van der Waals surface area contributed by atoms with Gasteiger partial charge < -0.3 is 14.8 Å². The molecule has 1 atom stereocenters. The Kier molecular flexibility index (Phi) is 5.03. The maximum atomic E-state index is 13.6. The molecule has 30 heavy (non-hydrogen) atoms. The average molecular weight is 405 g/mol.